The van der Waals surface area contributed by atoms with Crippen molar-refractivity contribution in [2.75, 3.05) is 19.5 Å². The lowest BCUT2D eigenvalue weighted by Gasteiger charge is -2.10. The van der Waals surface area contributed by atoms with Gasteiger partial charge in [0.15, 0.2) is 17.3 Å². The van der Waals surface area contributed by atoms with Crippen LogP contribution in [-0.2, 0) is 18.3 Å². The van der Waals surface area contributed by atoms with Gasteiger partial charge in [-0.05, 0) is 48.4 Å². The molecule has 7 nitrogen and oxygen atoms in total. The molecule has 7 heteroatoms. The van der Waals surface area contributed by atoms with E-state index in [4.69, 9.17) is 9.47 Å². The van der Waals surface area contributed by atoms with E-state index in [1.165, 1.54) is 0 Å². The van der Waals surface area contributed by atoms with Gasteiger partial charge in [0.2, 0.25) is 11.7 Å². The van der Waals surface area contributed by atoms with Gasteiger partial charge in [-0.25, -0.2) is 4.98 Å². The highest BCUT2D eigenvalue weighted by molar-refractivity contribution is 6.07. The predicted molar refractivity (Wildman–Crippen MR) is 110 cm³/mol. The number of nitrogens with zero attached hydrogens (tertiary/aromatic N) is 2. The van der Waals surface area contributed by atoms with Gasteiger partial charge >= 0.3 is 0 Å². The van der Waals surface area contributed by atoms with E-state index in [1.54, 1.807) is 62.5 Å². The number of imidazole rings is 1. The molecule has 0 saturated heterocycles. The molecule has 1 heterocycles. The number of methoxy groups -OCH3 is 2. The Morgan fingerprint density at radius 1 is 1.03 bits per heavy atom. The third-order valence-electron chi connectivity index (χ3n) is 4.54. The van der Waals surface area contributed by atoms with Crippen LogP contribution in [0.1, 0.15) is 28.2 Å². The molecule has 0 atom stereocenters. The number of ketones is 1. The Labute approximate surface area is 169 Å². The normalized spacial score (nSPS) is 10.4. The molecule has 0 fully saturated rings. The zero-order valence-electron chi connectivity index (χ0n) is 16.6. The molecule has 0 aliphatic heterocycles. The summed E-state index contributed by atoms with van der Waals surface area (Å²) in [6.07, 6.45) is 4.20. The minimum Gasteiger partial charge on any atom is -0.493 e. The number of carbonyl (C=O) groups is 2. The Morgan fingerprint density at radius 3 is 2.38 bits per heavy atom. The van der Waals surface area contributed by atoms with Crippen LogP contribution in [0.25, 0.3) is 0 Å². The number of aryl methyl sites for hydroxylation is 2. The fourth-order valence-electron chi connectivity index (χ4n) is 2.94. The zero-order chi connectivity index (χ0) is 20.8. The van der Waals surface area contributed by atoms with Gasteiger partial charge in [0.05, 0.1) is 14.2 Å². The zero-order valence-corrected chi connectivity index (χ0v) is 16.6. The van der Waals surface area contributed by atoms with Crippen molar-refractivity contribution in [2.24, 2.45) is 7.05 Å². The van der Waals surface area contributed by atoms with Gasteiger partial charge in [0.1, 0.15) is 0 Å². The van der Waals surface area contributed by atoms with Crippen LogP contribution < -0.4 is 14.8 Å². The molecule has 1 N–H and O–H groups in total. The van der Waals surface area contributed by atoms with Crippen molar-refractivity contribution in [3.05, 3.63) is 71.8 Å². The maximum atomic E-state index is 12.4. The number of nitrogens with one attached hydrogen (secondary N) is 1. The van der Waals surface area contributed by atoms with Gasteiger partial charge in [-0.2, -0.15) is 0 Å². The summed E-state index contributed by atoms with van der Waals surface area (Å²) in [5.41, 5.74) is 2.13. The van der Waals surface area contributed by atoms with Crippen LogP contribution in [-0.4, -0.2) is 35.5 Å². The SMILES string of the molecule is COc1ccc(CCC(=O)Nc2ccc(C(=O)c3nccn3C)cc2)cc1OC. The third kappa shape index (κ3) is 4.82. The highest BCUT2D eigenvalue weighted by atomic mass is 16.5. The number of hydrogen-bond acceptors (Lipinski definition) is 5. The van der Waals surface area contributed by atoms with Crippen molar-refractivity contribution in [1.29, 1.82) is 0 Å². The Morgan fingerprint density at radius 2 is 1.76 bits per heavy atom. The van der Waals surface area contributed by atoms with Crippen molar-refractivity contribution in [2.45, 2.75) is 12.8 Å². The lowest BCUT2D eigenvalue weighted by atomic mass is 10.1. The molecule has 0 radical (unpaired) electrons. The summed E-state index contributed by atoms with van der Waals surface area (Å²) in [7, 11) is 4.93. The summed E-state index contributed by atoms with van der Waals surface area (Å²) in [4.78, 5) is 28.8. The first-order valence-electron chi connectivity index (χ1n) is 9.14. The molecule has 0 unspecified atom stereocenters. The predicted octanol–water partition coefficient (Wildman–Crippen LogP) is 3.24. The van der Waals surface area contributed by atoms with E-state index in [9.17, 15) is 9.59 Å². The summed E-state index contributed by atoms with van der Waals surface area (Å²) in [6, 6.07) is 12.4. The van der Waals surface area contributed by atoms with Crippen molar-refractivity contribution >= 4 is 17.4 Å². The van der Waals surface area contributed by atoms with Gasteiger partial charge in [-0.1, -0.05) is 6.07 Å². The number of hydrogen-bond donors (Lipinski definition) is 1. The average Bonchev–Trinajstić information content (AvgIpc) is 3.17. The quantitative estimate of drug-likeness (QED) is 0.594. The van der Waals surface area contributed by atoms with Gasteiger partial charge in [0, 0.05) is 37.1 Å². The minimum atomic E-state index is -0.163. The molecule has 29 heavy (non-hydrogen) atoms. The highest BCUT2D eigenvalue weighted by Crippen LogP contribution is 2.28. The molecule has 0 spiro atoms. The van der Waals surface area contributed by atoms with Crippen molar-refractivity contribution in [1.82, 2.24) is 9.55 Å². The second-order valence-corrected chi connectivity index (χ2v) is 6.51. The summed E-state index contributed by atoms with van der Waals surface area (Å²) in [6.45, 7) is 0. The number of anilines is 1. The molecule has 150 valence electrons. The van der Waals surface area contributed by atoms with E-state index in [-0.39, 0.29) is 11.7 Å². The van der Waals surface area contributed by atoms with Crippen LogP contribution in [0, 0.1) is 0 Å². The lowest BCUT2D eigenvalue weighted by Crippen LogP contribution is -2.13. The summed E-state index contributed by atoms with van der Waals surface area (Å²) in [5.74, 6) is 1.39. The molecule has 3 rings (SSSR count). The molecule has 0 aliphatic carbocycles. The first-order chi connectivity index (χ1) is 14.0. The van der Waals surface area contributed by atoms with Crippen molar-refractivity contribution in [3.63, 3.8) is 0 Å². The Kier molecular flexibility index (Phi) is 6.29. The highest BCUT2D eigenvalue weighted by Gasteiger charge is 2.14. The van der Waals surface area contributed by atoms with Gasteiger partial charge in [-0.15, -0.1) is 0 Å². The maximum absolute atomic E-state index is 12.4. The van der Waals surface area contributed by atoms with E-state index in [0.717, 1.165) is 5.56 Å². The van der Waals surface area contributed by atoms with E-state index >= 15 is 0 Å². The monoisotopic (exact) mass is 393 g/mol. The first kappa shape index (κ1) is 20.1. The van der Waals surface area contributed by atoms with Crippen LogP contribution in [0.2, 0.25) is 0 Å². The number of aromatic nitrogens is 2. The lowest BCUT2D eigenvalue weighted by molar-refractivity contribution is -0.116. The standard InChI is InChI=1S/C22H23N3O4/c1-25-13-12-23-22(25)21(27)16-6-8-17(9-7-16)24-20(26)11-5-15-4-10-18(28-2)19(14-15)29-3/h4,6-10,12-14H,5,11H2,1-3H3,(H,24,26). The fourth-order valence-corrected chi connectivity index (χ4v) is 2.94. The molecule has 2 aromatic carbocycles. The molecule has 1 aromatic heterocycles. The van der Waals surface area contributed by atoms with Crippen LogP contribution >= 0.6 is 0 Å². The number of carbonyl (C=O) groups excluding carboxylic acids is 2. The number of ether oxygens (including phenoxy) is 2. The summed E-state index contributed by atoms with van der Waals surface area (Å²) >= 11 is 0. The third-order valence-corrected chi connectivity index (χ3v) is 4.54. The van der Waals surface area contributed by atoms with Crippen molar-refractivity contribution in [3.8, 4) is 11.5 Å². The largest absolute Gasteiger partial charge is 0.493 e. The summed E-state index contributed by atoms with van der Waals surface area (Å²) < 4.78 is 12.2. The van der Waals surface area contributed by atoms with Gasteiger partial charge in [-0.3, -0.25) is 9.59 Å². The number of rotatable bonds is 8. The fraction of sp³-hybridized carbons (Fsp3) is 0.227. The molecule has 0 bridgehead atoms. The molecule has 3 aromatic rings. The van der Waals surface area contributed by atoms with E-state index in [1.807, 2.05) is 18.2 Å². The van der Waals surface area contributed by atoms with Crippen LogP contribution in [0.15, 0.2) is 54.9 Å². The van der Waals surface area contributed by atoms with Crippen LogP contribution in [0.3, 0.4) is 0 Å². The molecular weight excluding hydrogens is 370 g/mol. The molecule has 0 saturated carbocycles. The van der Waals surface area contributed by atoms with Crippen molar-refractivity contribution < 1.29 is 19.1 Å². The van der Waals surface area contributed by atoms with Crippen LogP contribution in [0.4, 0.5) is 5.69 Å². The Hall–Kier alpha value is -3.61. The topological polar surface area (TPSA) is 82.5 Å². The van der Waals surface area contributed by atoms with Gasteiger partial charge < -0.3 is 19.4 Å². The van der Waals surface area contributed by atoms with Crippen LogP contribution in [0.5, 0.6) is 11.5 Å². The second-order valence-electron chi connectivity index (χ2n) is 6.51. The second kappa shape index (κ2) is 9.05. The molecular formula is C22H23N3O4. The van der Waals surface area contributed by atoms with E-state index < -0.39 is 0 Å². The Balaban J connectivity index is 1.57. The van der Waals surface area contributed by atoms with E-state index in [0.29, 0.717) is 41.4 Å². The molecule has 1 amide bonds. The Bertz CT molecular complexity index is 1010. The van der Waals surface area contributed by atoms with E-state index in [2.05, 4.69) is 10.3 Å². The minimum absolute atomic E-state index is 0.108. The maximum Gasteiger partial charge on any atom is 0.228 e. The number of benzene rings is 2. The first-order valence-corrected chi connectivity index (χ1v) is 9.14. The smallest absolute Gasteiger partial charge is 0.228 e. The average molecular weight is 393 g/mol. The number of amides is 1. The van der Waals surface area contributed by atoms with Gasteiger partial charge in [0.25, 0.3) is 0 Å². The summed E-state index contributed by atoms with van der Waals surface area (Å²) in [5, 5.41) is 2.85. The molecule has 0 aliphatic rings.